The van der Waals surface area contributed by atoms with Crippen LogP contribution in [0.1, 0.15) is 12.6 Å². The molecular formula is C15H24N6O7. The number of nitrogens with two attached hydrogens (primary N) is 1. The van der Waals surface area contributed by atoms with Crippen molar-refractivity contribution in [3.05, 3.63) is 18.2 Å². The van der Waals surface area contributed by atoms with E-state index < -0.39 is 61.1 Å². The zero-order chi connectivity index (χ0) is 21.3. The Kier molecular flexibility index (Phi) is 9.01. The van der Waals surface area contributed by atoms with Crippen molar-refractivity contribution in [2.75, 3.05) is 13.2 Å². The Bertz CT molecular complexity index is 680. The summed E-state index contributed by atoms with van der Waals surface area (Å²) >= 11 is 0. The zero-order valence-electron chi connectivity index (χ0n) is 15.1. The predicted octanol–water partition coefficient (Wildman–Crippen LogP) is -4.18. The summed E-state index contributed by atoms with van der Waals surface area (Å²) in [6, 6.07) is -5.10. The quantitative estimate of drug-likeness (QED) is 0.180. The lowest BCUT2D eigenvalue weighted by atomic mass is 10.1. The number of aliphatic carboxylic acids is 1. The van der Waals surface area contributed by atoms with Crippen LogP contribution in [0.15, 0.2) is 12.5 Å². The van der Waals surface area contributed by atoms with Gasteiger partial charge in [-0.1, -0.05) is 0 Å². The number of H-pyrrole nitrogens is 1. The van der Waals surface area contributed by atoms with Crippen LogP contribution in [-0.4, -0.2) is 86.4 Å². The molecule has 1 aromatic heterocycles. The van der Waals surface area contributed by atoms with Gasteiger partial charge >= 0.3 is 5.97 Å². The molecule has 0 aliphatic heterocycles. The van der Waals surface area contributed by atoms with Crippen LogP contribution >= 0.6 is 0 Å². The number of rotatable bonds is 11. The Morgan fingerprint density at radius 1 is 1.07 bits per heavy atom. The second-order valence-corrected chi connectivity index (χ2v) is 5.94. The average molecular weight is 400 g/mol. The van der Waals surface area contributed by atoms with Crippen molar-refractivity contribution in [2.45, 2.75) is 37.5 Å². The molecule has 1 rings (SSSR count). The monoisotopic (exact) mass is 400 g/mol. The fourth-order valence-electron chi connectivity index (χ4n) is 2.06. The number of imidazole rings is 1. The number of carbonyl (C=O) groups is 4. The molecule has 0 aliphatic carbocycles. The molecule has 0 fully saturated rings. The number of nitrogens with zero attached hydrogens (tertiary/aromatic N) is 1. The lowest BCUT2D eigenvalue weighted by Gasteiger charge is -2.22. The third kappa shape index (κ3) is 6.94. The third-order valence-corrected chi connectivity index (χ3v) is 3.70. The minimum atomic E-state index is -1.59. The second-order valence-electron chi connectivity index (χ2n) is 5.94. The van der Waals surface area contributed by atoms with Crippen molar-refractivity contribution in [3.8, 4) is 0 Å². The number of carboxylic acids is 1. The molecule has 0 bridgehead atoms. The summed E-state index contributed by atoms with van der Waals surface area (Å²) in [7, 11) is 0. The Balaban J connectivity index is 2.57. The van der Waals surface area contributed by atoms with Gasteiger partial charge in [0, 0.05) is 18.3 Å². The first-order valence-corrected chi connectivity index (χ1v) is 8.28. The molecule has 9 N–H and O–H groups in total. The fraction of sp³-hybridized carbons (Fsp3) is 0.533. The van der Waals surface area contributed by atoms with E-state index in [4.69, 9.17) is 15.9 Å². The number of carboxylic acid groups (broad SMARTS) is 1. The summed E-state index contributed by atoms with van der Waals surface area (Å²) in [6.07, 6.45) is 3.10. The molecule has 0 saturated heterocycles. The minimum Gasteiger partial charge on any atom is -0.480 e. The summed E-state index contributed by atoms with van der Waals surface area (Å²) in [5.41, 5.74) is 6.39. The Morgan fingerprint density at radius 2 is 1.68 bits per heavy atom. The first kappa shape index (κ1) is 23.0. The third-order valence-electron chi connectivity index (χ3n) is 3.70. The molecule has 156 valence electrons. The van der Waals surface area contributed by atoms with E-state index in [1.165, 1.54) is 19.4 Å². The van der Waals surface area contributed by atoms with Gasteiger partial charge in [0.25, 0.3) is 0 Å². The van der Waals surface area contributed by atoms with Crippen LogP contribution in [0.25, 0.3) is 0 Å². The van der Waals surface area contributed by atoms with E-state index in [1.807, 2.05) is 5.32 Å². The molecule has 28 heavy (non-hydrogen) atoms. The summed E-state index contributed by atoms with van der Waals surface area (Å²) in [6.45, 7) is -0.348. The zero-order valence-corrected chi connectivity index (χ0v) is 15.1. The molecule has 4 atom stereocenters. The van der Waals surface area contributed by atoms with Crippen molar-refractivity contribution in [1.29, 1.82) is 0 Å². The highest BCUT2D eigenvalue weighted by molar-refractivity contribution is 5.94. The Labute approximate surface area is 159 Å². The van der Waals surface area contributed by atoms with Crippen LogP contribution < -0.4 is 21.7 Å². The number of carbonyl (C=O) groups excluding carboxylic acids is 3. The van der Waals surface area contributed by atoms with Crippen LogP contribution in [0.2, 0.25) is 0 Å². The smallest absolute Gasteiger partial charge is 0.328 e. The van der Waals surface area contributed by atoms with Crippen molar-refractivity contribution < 1.29 is 34.5 Å². The number of aromatic amines is 1. The van der Waals surface area contributed by atoms with Crippen molar-refractivity contribution in [3.63, 3.8) is 0 Å². The molecular weight excluding hydrogens is 376 g/mol. The van der Waals surface area contributed by atoms with Gasteiger partial charge in [-0.2, -0.15) is 0 Å². The van der Waals surface area contributed by atoms with Crippen LogP contribution in [-0.2, 0) is 25.6 Å². The van der Waals surface area contributed by atoms with Crippen LogP contribution in [0.3, 0.4) is 0 Å². The second kappa shape index (κ2) is 11.0. The average Bonchev–Trinajstić information content (AvgIpc) is 3.16. The van der Waals surface area contributed by atoms with Gasteiger partial charge in [0.2, 0.25) is 17.7 Å². The summed E-state index contributed by atoms with van der Waals surface area (Å²) < 4.78 is 0. The van der Waals surface area contributed by atoms with E-state index in [1.54, 1.807) is 0 Å². The van der Waals surface area contributed by atoms with E-state index in [9.17, 15) is 24.3 Å². The normalized spacial score (nSPS) is 15.0. The topological polar surface area (TPSA) is 220 Å². The summed E-state index contributed by atoms with van der Waals surface area (Å²) in [5.74, 6) is -3.90. The van der Waals surface area contributed by atoms with E-state index in [0.29, 0.717) is 5.69 Å². The molecule has 13 heteroatoms. The van der Waals surface area contributed by atoms with Gasteiger partial charge in [0.1, 0.15) is 18.1 Å². The maximum absolute atomic E-state index is 12.1. The Hall–Kier alpha value is -3.03. The molecule has 0 saturated carbocycles. The van der Waals surface area contributed by atoms with Gasteiger partial charge in [-0.3, -0.25) is 14.4 Å². The van der Waals surface area contributed by atoms with E-state index >= 15 is 0 Å². The summed E-state index contributed by atoms with van der Waals surface area (Å²) in [5, 5.41) is 33.5. The molecule has 4 unspecified atom stereocenters. The number of hydrogen-bond donors (Lipinski definition) is 8. The number of aliphatic hydroxyl groups excluding tert-OH is 2. The fourth-order valence-corrected chi connectivity index (χ4v) is 2.06. The molecule has 0 spiro atoms. The van der Waals surface area contributed by atoms with Gasteiger partial charge in [-0.05, 0) is 6.92 Å². The van der Waals surface area contributed by atoms with Gasteiger partial charge in [0.15, 0.2) is 0 Å². The maximum atomic E-state index is 12.1. The number of nitrogens with one attached hydrogen (secondary N) is 4. The highest BCUT2D eigenvalue weighted by Gasteiger charge is 2.28. The van der Waals surface area contributed by atoms with Crippen LogP contribution in [0.5, 0.6) is 0 Å². The van der Waals surface area contributed by atoms with Gasteiger partial charge < -0.3 is 42.0 Å². The van der Waals surface area contributed by atoms with Crippen LogP contribution in [0, 0.1) is 0 Å². The molecule has 0 radical (unpaired) electrons. The van der Waals surface area contributed by atoms with E-state index in [2.05, 4.69) is 20.6 Å². The highest BCUT2D eigenvalue weighted by atomic mass is 16.4. The van der Waals surface area contributed by atoms with Crippen molar-refractivity contribution in [1.82, 2.24) is 25.9 Å². The molecule has 0 aromatic carbocycles. The van der Waals surface area contributed by atoms with Crippen LogP contribution in [0.4, 0.5) is 0 Å². The molecule has 1 aromatic rings. The SMILES string of the molecule is CC(NC(=O)C(N)Cc1cnc[nH]1)C(=O)NC(CO)C(=O)NC(CO)C(=O)O. The Morgan fingerprint density at radius 3 is 2.18 bits per heavy atom. The van der Waals surface area contributed by atoms with Gasteiger partial charge in [0.05, 0.1) is 25.6 Å². The standard InChI is InChI=1S/C15H24N6O7/c1-7(19-13(25)9(16)2-8-3-17-6-18-8)12(24)20-10(4-22)14(26)21-11(5-23)15(27)28/h3,6-7,9-11,22-23H,2,4-5,16H2,1H3,(H,17,18)(H,19,25)(H,20,24)(H,21,26)(H,27,28). The van der Waals surface area contributed by atoms with E-state index in [-0.39, 0.29) is 6.42 Å². The number of amides is 3. The predicted molar refractivity (Wildman–Crippen MR) is 93.5 cm³/mol. The molecule has 0 aliphatic rings. The minimum absolute atomic E-state index is 0.166. The lowest BCUT2D eigenvalue weighted by molar-refractivity contribution is -0.143. The number of aromatic nitrogens is 2. The molecule has 3 amide bonds. The largest absolute Gasteiger partial charge is 0.480 e. The molecule has 1 heterocycles. The van der Waals surface area contributed by atoms with Crippen molar-refractivity contribution >= 4 is 23.7 Å². The van der Waals surface area contributed by atoms with Gasteiger partial charge in [-0.15, -0.1) is 0 Å². The first-order chi connectivity index (χ1) is 13.2. The lowest BCUT2D eigenvalue weighted by Crippen LogP contribution is -2.57. The number of aliphatic hydroxyl groups is 2. The number of hydrogen-bond acceptors (Lipinski definition) is 8. The van der Waals surface area contributed by atoms with Gasteiger partial charge in [-0.25, -0.2) is 9.78 Å². The van der Waals surface area contributed by atoms with E-state index in [0.717, 1.165) is 0 Å². The van der Waals surface area contributed by atoms with Crippen molar-refractivity contribution in [2.24, 2.45) is 5.73 Å². The molecule has 13 nitrogen and oxygen atoms in total. The summed E-state index contributed by atoms with van der Waals surface area (Å²) in [4.78, 5) is 53.5. The highest BCUT2D eigenvalue weighted by Crippen LogP contribution is 1.97. The maximum Gasteiger partial charge on any atom is 0.328 e. The first-order valence-electron chi connectivity index (χ1n) is 8.28.